The van der Waals surface area contributed by atoms with Crippen LogP contribution in [0.1, 0.15) is 44.1 Å². The third-order valence-corrected chi connectivity index (χ3v) is 5.58. The summed E-state index contributed by atoms with van der Waals surface area (Å²) < 4.78 is 0. The van der Waals surface area contributed by atoms with Crippen molar-refractivity contribution in [3.63, 3.8) is 0 Å². The highest BCUT2D eigenvalue weighted by Gasteiger charge is 2.19. The van der Waals surface area contributed by atoms with Gasteiger partial charge in [0.15, 0.2) is 0 Å². The molecule has 0 aliphatic carbocycles. The first-order valence-electron chi connectivity index (χ1n) is 10.5. The smallest absolute Gasteiger partial charge is 0.258 e. The summed E-state index contributed by atoms with van der Waals surface area (Å²) in [5.41, 5.74) is 3.58. The van der Waals surface area contributed by atoms with Crippen molar-refractivity contribution < 1.29 is 4.79 Å². The summed E-state index contributed by atoms with van der Waals surface area (Å²) in [7, 11) is 0. The molecule has 1 amide bonds. The van der Waals surface area contributed by atoms with Crippen LogP contribution in [0.15, 0.2) is 47.3 Å². The van der Waals surface area contributed by atoms with Crippen molar-refractivity contribution in [2.75, 3.05) is 11.9 Å². The molecule has 0 saturated carbocycles. The van der Waals surface area contributed by atoms with Gasteiger partial charge in [-0.1, -0.05) is 44.2 Å². The molecule has 1 aromatic heterocycles. The number of benzene rings is 2. The lowest BCUT2D eigenvalue weighted by molar-refractivity contribution is -0.118. The van der Waals surface area contributed by atoms with Crippen molar-refractivity contribution in [2.24, 2.45) is 0 Å². The zero-order chi connectivity index (χ0) is 21.7. The number of hydrogen-bond donors (Lipinski definition) is 2. The molecule has 3 aromatic rings. The molecular formula is C24H30N4O2. The van der Waals surface area contributed by atoms with E-state index in [1.807, 2.05) is 48.2 Å². The molecule has 0 aliphatic heterocycles. The average Bonchev–Trinajstić information content (AvgIpc) is 2.74. The van der Waals surface area contributed by atoms with Gasteiger partial charge in [0, 0.05) is 11.7 Å². The van der Waals surface area contributed by atoms with Gasteiger partial charge in [-0.25, -0.2) is 4.98 Å². The van der Waals surface area contributed by atoms with Gasteiger partial charge in [-0.3, -0.25) is 14.5 Å². The highest BCUT2D eigenvalue weighted by atomic mass is 16.2. The first kappa shape index (κ1) is 21.7. The molecule has 6 heteroatoms. The summed E-state index contributed by atoms with van der Waals surface area (Å²) >= 11 is 0. The van der Waals surface area contributed by atoms with E-state index in [4.69, 9.17) is 0 Å². The lowest BCUT2D eigenvalue weighted by Gasteiger charge is -2.27. The molecule has 1 atom stereocenters. The topological polar surface area (TPSA) is 78.1 Å². The van der Waals surface area contributed by atoms with Crippen molar-refractivity contribution in [3.05, 3.63) is 69.8 Å². The Morgan fingerprint density at radius 3 is 2.67 bits per heavy atom. The average molecular weight is 407 g/mol. The third kappa shape index (κ3) is 4.94. The van der Waals surface area contributed by atoms with E-state index in [9.17, 15) is 9.59 Å². The van der Waals surface area contributed by atoms with Crippen molar-refractivity contribution in [2.45, 2.75) is 53.1 Å². The fourth-order valence-corrected chi connectivity index (χ4v) is 3.59. The van der Waals surface area contributed by atoms with Crippen LogP contribution in [0, 0.1) is 6.92 Å². The SMILES string of the molecule is CCc1cccc(C)c1NC(=O)CN(Cc1nc2ccccc2c(=O)[nH]1)C(C)CC. The molecule has 0 aliphatic rings. The quantitative estimate of drug-likeness (QED) is 0.592. The highest BCUT2D eigenvalue weighted by Crippen LogP contribution is 2.21. The second-order valence-electron chi connectivity index (χ2n) is 7.70. The minimum absolute atomic E-state index is 0.0672. The summed E-state index contributed by atoms with van der Waals surface area (Å²) in [6.45, 7) is 8.88. The Labute approximate surface area is 177 Å². The van der Waals surface area contributed by atoms with Crippen LogP contribution in [0.2, 0.25) is 0 Å². The predicted molar refractivity (Wildman–Crippen MR) is 122 cm³/mol. The molecule has 158 valence electrons. The largest absolute Gasteiger partial charge is 0.324 e. The van der Waals surface area contributed by atoms with Gasteiger partial charge in [0.05, 0.1) is 24.0 Å². The number of aromatic nitrogens is 2. The Morgan fingerprint density at radius 2 is 1.93 bits per heavy atom. The normalized spacial score (nSPS) is 12.3. The molecule has 1 heterocycles. The number of hydrogen-bond acceptors (Lipinski definition) is 4. The molecule has 0 radical (unpaired) electrons. The number of nitrogens with zero attached hydrogens (tertiary/aromatic N) is 2. The number of carbonyl (C=O) groups excluding carboxylic acids is 1. The van der Waals surface area contributed by atoms with E-state index < -0.39 is 0 Å². The Kier molecular flexibility index (Phi) is 7.00. The maximum absolute atomic E-state index is 12.9. The van der Waals surface area contributed by atoms with Gasteiger partial charge in [-0.15, -0.1) is 0 Å². The van der Waals surface area contributed by atoms with Gasteiger partial charge < -0.3 is 10.3 Å². The van der Waals surface area contributed by atoms with Crippen LogP contribution in [-0.2, 0) is 17.8 Å². The van der Waals surface area contributed by atoms with Crippen molar-refractivity contribution >= 4 is 22.5 Å². The number of para-hydroxylation sites is 2. The van der Waals surface area contributed by atoms with E-state index in [-0.39, 0.29) is 24.1 Å². The molecule has 0 bridgehead atoms. The molecular weight excluding hydrogens is 376 g/mol. The summed E-state index contributed by atoms with van der Waals surface area (Å²) in [6.07, 6.45) is 1.74. The zero-order valence-corrected chi connectivity index (χ0v) is 18.2. The zero-order valence-electron chi connectivity index (χ0n) is 18.2. The lowest BCUT2D eigenvalue weighted by Crippen LogP contribution is -2.39. The van der Waals surface area contributed by atoms with Gasteiger partial charge >= 0.3 is 0 Å². The molecule has 0 fully saturated rings. The van der Waals surface area contributed by atoms with Gasteiger partial charge in [0.1, 0.15) is 5.82 Å². The maximum Gasteiger partial charge on any atom is 0.258 e. The number of anilines is 1. The van der Waals surface area contributed by atoms with Crippen LogP contribution in [0.25, 0.3) is 10.9 Å². The number of amides is 1. The molecule has 3 rings (SSSR count). The van der Waals surface area contributed by atoms with E-state index in [1.165, 1.54) is 0 Å². The molecule has 6 nitrogen and oxygen atoms in total. The van der Waals surface area contributed by atoms with Crippen LogP contribution in [0.3, 0.4) is 0 Å². The minimum atomic E-state index is -0.156. The number of carbonyl (C=O) groups is 1. The summed E-state index contributed by atoms with van der Waals surface area (Å²) in [4.78, 5) is 34.8. The summed E-state index contributed by atoms with van der Waals surface area (Å²) in [6, 6.07) is 13.5. The highest BCUT2D eigenvalue weighted by molar-refractivity contribution is 5.93. The molecule has 2 aromatic carbocycles. The monoisotopic (exact) mass is 406 g/mol. The van der Waals surface area contributed by atoms with Crippen LogP contribution < -0.4 is 10.9 Å². The maximum atomic E-state index is 12.9. The number of H-pyrrole nitrogens is 1. The van der Waals surface area contributed by atoms with Gasteiger partial charge in [0.25, 0.3) is 5.56 Å². The van der Waals surface area contributed by atoms with Gasteiger partial charge in [-0.2, -0.15) is 0 Å². The van der Waals surface area contributed by atoms with E-state index in [0.29, 0.717) is 23.3 Å². The summed E-state index contributed by atoms with van der Waals surface area (Å²) in [5, 5.41) is 3.66. The second kappa shape index (κ2) is 9.67. The van der Waals surface area contributed by atoms with Crippen LogP contribution in [0.5, 0.6) is 0 Å². The number of fused-ring (bicyclic) bond motifs is 1. The predicted octanol–water partition coefficient (Wildman–Crippen LogP) is 4.03. The Balaban J connectivity index is 1.80. The fraction of sp³-hybridized carbons (Fsp3) is 0.375. The molecule has 1 unspecified atom stereocenters. The van der Waals surface area contributed by atoms with E-state index >= 15 is 0 Å². The van der Waals surface area contributed by atoms with E-state index in [1.54, 1.807) is 6.07 Å². The standard InChI is InChI=1S/C24H30N4O2/c1-5-17(4)28(14-21-25-20-13-8-7-12-19(20)24(30)26-21)15-22(29)27-23-16(3)10-9-11-18(23)6-2/h7-13,17H,5-6,14-15H2,1-4H3,(H,27,29)(H,25,26,30). The Morgan fingerprint density at radius 1 is 1.17 bits per heavy atom. The molecule has 0 spiro atoms. The fourth-order valence-electron chi connectivity index (χ4n) is 3.59. The lowest BCUT2D eigenvalue weighted by atomic mass is 10.1. The van der Waals surface area contributed by atoms with Gasteiger partial charge in [0.2, 0.25) is 5.91 Å². The number of nitrogens with one attached hydrogen (secondary N) is 2. The van der Waals surface area contributed by atoms with Crippen LogP contribution in [0.4, 0.5) is 5.69 Å². The van der Waals surface area contributed by atoms with Crippen LogP contribution in [-0.4, -0.2) is 33.4 Å². The van der Waals surface area contributed by atoms with Crippen molar-refractivity contribution in [1.82, 2.24) is 14.9 Å². The Bertz CT molecular complexity index is 1090. The van der Waals surface area contributed by atoms with Crippen molar-refractivity contribution in [3.8, 4) is 0 Å². The number of rotatable bonds is 8. The number of aryl methyl sites for hydroxylation is 2. The van der Waals surface area contributed by atoms with Gasteiger partial charge in [-0.05, 0) is 49.9 Å². The van der Waals surface area contributed by atoms with Crippen molar-refractivity contribution in [1.29, 1.82) is 0 Å². The summed E-state index contributed by atoms with van der Waals surface area (Å²) in [5.74, 6) is 0.499. The van der Waals surface area contributed by atoms with Crippen LogP contribution >= 0.6 is 0 Å². The van der Waals surface area contributed by atoms with E-state index in [2.05, 4.69) is 36.1 Å². The van der Waals surface area contributed by atoms with E-state index in [0.717, 1.165) is 29.7 Å². The Hall–Kier alpha value is -2.99. The second-order valence-corrected chi connectivity index (χ2v) is 7.70. The molecule has 30 heavy (non-hydrogen) atoms. The number of aromatic amines is 1. The first-order valence-corrected chi connectivity index (χ1v) is 10.5. The third-order valence-electron chi connectivity index (χ3n) is 5.58. The first-order chi connectivity index (χ1) is 14.4. The molecule has 2 N–H and O–H groups in total. The molecule has 0 saturated heterocycles. The minimum Gasteiger partial charge on any atom is -0.324 e.